The summed E-state index contributed by atoms with van der Waals surface area (Å²) in [6.45, 7) is 3.62. The molecule has 6 heteroatoms. The summed E-state index contributed by atoms with van der Waals surface area (Å²) in [7, 11) is 0. The van der Waals surface area contributed by atoms with Gasteiger partial charge in [0.25, 0.3) is 11.6 Å². The second kappa shape index (κ2) is 6.84. The number of hydrogen-bond acceptors (Lipinski definition) is 4. The molecule has 1 amide bonds. The number of aliphatic hydroxyl groups is 1. The van der Waals surface area contributed by atoms with Gasteiger partial charge in [-0.25, -0.2) is 0 Å². The third-order valence-electron chi connectivity index (χ3n) is 2.90. The number of hydrogen-bond donors (Lipinski definition) is 2. The summed E-state index contributed by atoms with van der Waals surface area (Å²) in [5.41, 5.74) is 0.634. The lowest BCUT2D eigenvalue weighted by Crippen LogP contribution is -2.35. The first-order valence-corrected chi connectivity index (χ1v) is 6.16. The van der Waals surface area contributed by atoms with Crippen LogP contribution in [-0.2, 0) is 0 Å². The Morgan fingerprint density at radius 2 is 2.21 bits per heavy atom. The number of nitro groups is 1. The van der Waals surface area contributed by atoms with E-state index < -0.39 is 10.8 Å². The summed E-state index contributed by atoms with van der Waals surface area (Å²) in [6, 6.07) is 4.24. The van der Waals surface area contributed by atoms with Crippen LogP contribution in [0.1, 0.15) is 35.7 Å². The molecule has 6 nitrogen and oxygen atoms in total. The van der Waals surface area contributed by atoms with Crippen LogP contribution in [-0.4, -0.2) is 28.6 Å². The van der Waals surface area contributed by atoms with E-state index in [1.807, 2.05) is 6.92 Å². The zero-order chi connectivity index (χ0) is 14.4. The minimum absolute atomic E-state index is 0.0330. The van der Waals surface area contributed by atoms with Crippen LogP contribution in [0.25, 0.3) is 0 Å². The smallest absolute Gasteiger partial charge is 0.282 e. The van der Waals surface area contributed by atoms with Crippen LogP contribution in [0.2, 0.25) is 0 Å². The monoisotopic (exact) mass is 266 g/mol. The van der Waals surface area contributed by atoms with Crippen molar-refractivity contribution < 1.29 is 14.8 Å². The Hall–Kier alpha value is -1.95. The van der Waals surface area contributed by atoms with E-state index in [4.69, 9.17) is 5.11 Å². The molecule has 2 N–H and O–H groups in total. The van der Waals surface area contributed by atoms with Crippen LogP contribution in [0, 0.1) is 17.0 Å². The molecule has 0 spiro atoms. The first kappa shape index (κ1) is 15.1. The van der Waals surface area contributed by atoms with E-state index in [1.165, 1.54) is 12.1 Å². The van der Waals surface area contributed by atoms with Gasteiger partial charge in [-0.05, 0) is 31.4 Å². The van der Waals surface area contributed by atoms with Crippen molar-refractivity contribution >= 4 is 11.6 Å². The average molecular weight is 266 g/mol. The number of rotatable bonds is 6. The maximum Gasteiger partial charge on any atom is 0.282 e. The van der Waals surface area contributed by atoms with Gasteiger partial charge in [0.15, 0.2) is 0 Å². The fourth-order valence-corrected chi connectivity index (χ4v) is 1.79. The minimum Gasteiger partial charge on any atom is -0.396 e. The molecule has 0 saturated carbocycles. The van der Waals surface area contributed by atoms with Gasteiger partial charge in [-0.2, -0.15) is 0 Å². The molecule has 19 heavy (non-hydrogen) atoms. The highest BCUT2D eigenvalue weighted by atomic mass is 16.6. The summed E-state index contributed by atoms with van der Waals surface area (Å²) in [5, 5.41) is 22.5. The second-order valence-corrected chi connectivity index (χ2v) is 4.37. The maximum absolute atomic E-state index is 12.1. The molecule has 1 unspecified atom stereocenters. The zero-order valence-corrected chi connectivity index (χ0v) is 11.0. The van der Waals surface area contributed by atoms with Gasteiger partial charge < -0.3 is 10.4 Å². The number of nitrogens with zero attached hydrogens (tertiary/aromatic N) is 1. The zero-order valence-electron chi connectivity index (χ0n) is 11.0. The van der Waals surface area contributed by atoms with Crippen molar-refractivity contribution in [1.29, 1.82) is 0 Å². The van der Waals surface area contributed by atoms with E-state index in [-0.39, 0.29) is 23.9 Å². The van der Waals surface area contributed by atoms with E-state index in [2.05, 4.69) is 5.32 Å². The van der Waals surface area contributed by atoms with E-state index in [0.717, 1.165) is 5.56 Å². The Labute approximate surface area is 111 Å². The van der Waals surface area contributed by atoms with Crippen molar-refractivity contribution in [3.8, 4) is 0 Å². The SMILES string of the molecule is CCC(CCO)NC(=O)c1cc(C)ccc1[N+](=O)[O-]. The molecule has 0 radical (unpaired) electrons. The molecular formula is C13H18N2O4. The molecule has 0 heterocycles. The molecule has 1 aromatic rings. The summed E-state index contributed by atoms with van der Waals surface area (Å²) in [4.78, 5) is 22.4. The Morgan fingerprint density at radius 1 is 1.53 bits per heavy atom. The Kier molecular flexibility index (Phi) is 5.44. The largest absolute Gasteiger partial charge is 0.396 e. The molecule has 0 aliphatic rings. The Bertz CT molecular complexity index is 474. The Balaban J connectivity index is 2.98. The highest BCUT2D eigenvalue weighted by molar-refractivity contribution is 5.98. The highest BCUT2D eigenvalue weighted by Gasteiger charge is 2.21. The van der Waals surface area contributed by atoms with Crippen molar-refractivity contribution in [3.63, 3.8) is 0 Å². The first-order chi connectivity index (χ1) is 8.99. The minimum atomic E-state index is -0.568. The second-order valence-electron chi connectivity index (χ2n) is 4.37. The highest BCUT2D eigenvalue weighted by Crippen LogP contribution is 2.20. The molecule has 0 aromatic heterocycles. The molecular weight excluding hydrogens is 248 g/mol. The fourth-order valence-electron chi connectivity index (χ4n) is 1.79. The molecule has 1 rings (SSSR count). The number of benzene rings is 1. The number of nitrogens with one attached hydrogen (secondary N) is 1. The third-order valence-corrected chi connectivity index (χ3v) is 2.90. The molecule has 0 fully saturated rings. The van der Waals surface area contributed by atoms with Crippen molar-refractivity contribution in [2.75, 3.05) is 6.61 Å². The molecule has 0 aliphatic carbocycles. The standard InChI is InChI=1S/C13H18N2O4/c1-3-10(6-7-16)14-13(17)11-8-9(2)4-5-12(11)15(18)19/h4-5,8,10,16H,3,6-7H2,1-2H3,(H,14,17). The molecule has 0 saturated heterocycles. The number of aryl methyl sites for hydroxylation is 1. The van der Waals surface area contributed by atoms with Crippen LogP contribution in [0.4, 0.5) is 5.69 Å². The van der Waals surface area contributed by atoms with E-state index >= 15 is 0 Å². The lowest BCUT2D eigenvalue weighted by molar-refractivity contribution is -0.385. The molecule has 0 bridgehead atoms. The van der Waals surface area contributed by atoms with E-state index in [9.17, 15) is 14.9 Å². The quantitative estimate of drug-likeness (QED) is 0.606. The summed E-state index contributed by atoms with van der Waals surface area (Å²) in [5.74, 6) is -0.476. The molecule has 1 aromatic carbocycles. The van der Waals surface area contributed by atoms with Gasteiger partial charge in [0.1, 0.15) is 5.56 Å². The van der Waals surface area contributed by atoms with Gasteiger partial charge in [0.05, 0.1) is 4.92 Å². The van der Waals surface area contributed by atoms with Crippen LogP contribution in [0.3, 0.4) is 0 Å². The van der Waals surface area contributed by atoms with Crippen LogP contribution >= 0.6 is 0 Å². The average Bonchev–Trinajstić information content (AvgIpc) is 2.37. The number of nitro benzene ring substituents is 1. The van der Waals surface area contributed by atoms with Crippen molar-refractivity contribution in [2.45, 2.75) is 32.7 Å². The van der Waals surface area contributed by atoms with Gasteiger partial charge >= 0.3 is 0 Å². The fraction of sp³-hybridized carbons (Fsp3) is 0.462. The number of carbonyl (C=O) groups is 1. The van der Waals surface area contributed by atoms with Gasteiger partial charge in [-0.3, -0.25) is 14.9 Å². The van der Waals surface area contributed by atoms with Gasteiger partial charge in [0, 0.05) is 18.7 Å². The summed E-state index contributed by atoms with van der Waals surface area (Å²) >= 11 is 0. The number of carbonyl (C=O) groups excluding carboxylic acids is 1. The first-order valence-electron chi connectivity index (χ1n) is 6.16. The lowest BCUT2D eigenvalue weighted by atomic mass is 10.1. The van der Waals surface area contributed by atoms with Crippen LogP contribution in [0.15, 0.2) is 18.2 Å². The molecule has 104 valence electrons. The third kappa shape index (κ3) is 4.03. The van der Waals surface area contributed by atoms with Crippen LogP contribution in [0.5, 0.6) is 0 Å². The maximum atomic E-state index is 12.1. The molecule has 1 atom stereocenters. The molecule has 0 aliphatic heterocycles. The van der Waals surface area contributed by atoms with Crippen molar-refractivity contribution in [2.24, 2.45) is 0 Å². The topological polar surface area (TPSA) is 92.5 Å². The number of aliphatic hydroxyl groups excluding tert-OH is 1. The normalized spacial score (nSPS) is 11.9. The van der Waals surface area contributed by atoms with Gasteiger partial charge in [0.2, 0.25) is 0 Å². The predicted octanol–water partition coefficient (Wildman–Crippen LogP) is 1.79. The summed E-state index contributed by atoms with van der Waals surface area (Å²) < 4.78 is 0. The van der Waals surface area contributed by atoms with Crippen molar-refractivity contribution in [1.82, 2.24) is 5.32 Å². The van der Waals surface area contributed by atoms with Crippen molar-refractivity contribution in [3.05, 3.63) is 39.4 Å². The van der Waals surface area contributed by atoms with E-state index in [1.54, 1.807) is 13.0 Å². The van der Waals surface area contributed by atoms with Gasteiger partial charge in [-0.1, -0.05) is 13.0 Å². The van der Waals surface area contributed by atoms with Crippen LogP contribution < -0.4 is 5.32 Å². The van der Waals surface area contributed by atoms with Gasteiger partial charge in [-0.15, -0.1) is 0 Å². The lowest BCUT2D eigenvalue weighted by Gasteiger charge is -2.15. The number of amides is 1. The summed E-state index contributed by atoms with van der Waals surface area (Å²) in [6.07, 6.45) is 1.09. The predicted molar refractivity (Wildman–Crippen MR) is 71.1 cm³/mol. The van der Waals surface area contributed by atoms with E-state index in [0.29, 0.717) is 12.8 Å². The Morgan fingerprint density at radius 3 is 2.74 bits per heavy atom.